The van der Waals surface area contributed by atoms with E-state index in [9.17, 15) is 13.2 Å². The predicted molar refractivity (Wildman–Crippen MR) is 101 cm³/mol. The van der Waals surface area contributed by atoms with Gasteiger partial charge in [0.05, 0.1) is 17.5 Å². The molecule has 0 saturated carbocycles. The Morgan fingerprint density at radius 3 is 2.48 bits per heavy atom. The van der Waals surface area contributed by atoms with Crippen molar-refractivity contribution in [3.05, 3.63) is 0 Å². The first-order valence-corrected chi connectivity index (χ1v) is 11.6. The SMILES string of the molecule is CCCN(C(=O)C(C)N1CCC(CCNC)CC1)C1CCS(=O)(=O)C1. The summed E-state index contributed by atoms with van der Waals surface area (Å²) in [5.74, 6) is 1.21. The third kappa shape index (κ3) is 5.66. The second kappa shape index (κ2) is 9.33. The lowest BCUT2D eigenvalue weighted by molar-refractivity contribution is -0.139. The Morgan fingerprint density at radius 2 is 1.96 bits per heavy atom. The van der Waals surface area contributed by atoms with Gasteiger partial charge in [0, 0.05) is 12.6 Å². The molecule has 146 valence electrons. The van der Waals surface area contributed by atoms with Crippen molar-refractivity contribution < 1.29 is 13.2 Å². The van der Waals surface area contributed by atoms with Crippen molar-refractivity contribution in [1.82, 2.24) is 15.1 Å². The van der Waals surface area contributed by atoms with Crippen LogP contribution in [0.4, 0.5) is 0 Å². The molecule has 0 aromatic carbocycles. The van der Waals surface area contributed by atoms with Crippen LogP contribution in [0.25, 0.3) is 0 Å². The van der Waals surface area contributed by atoms with Crippen LogP contribution < -0.4 is 5.32 Å². The van der Waals surface area contributed by atoms with Gasteiger partial charge >= 0.3 is 0 Å². The third-order valence-electron chi connectivity index (χ3n) is 5.75. The van der Waals surface area contributed by atoms with E-state index in [2.05, 4.69) is 10.2 Å². The van der Waals surface area contributed by atoms with Gasteiger partial charge in [-0.3, -0.25) is 9.69 Å². The molecule has 0 aromatic heterocycles. The van der Waals surface area contributed by atoms with Crippen LogP contribution in [0.2, 0.25) is 0 Å². The number of likely N-dealkylation sites (tertiary alicyclic amines) is 1. The third-order valence-corrected chi connectivity index (χ3v) is 7.50. The van der Waals surface area contributed by atoms with E-state index in [1.807, 2.05) is 25.8 Å². The van der Waals surface area contributed by atoms with Crippen LogP contribution in [0, 0.1) is 5.92 Å². The zero-order valence-electron chi connectivity index (χ0n) is 16.0. The van der Waals surface area contributed by atoms with E-state index >= 15 is 0 Å². The highest BCUT2D eigenvalue weighted by Crippen LogP contribution is 2.24. The van der Waals surface area contributed by atoms with E-state index in [1.54, 1.807) is 0 Å². The Kier molecular flexibility index (Phi) is 7.70. The largest absolute Gasteiger partial charge is 0.337 e. The number of carbonyl (C=O) groups is 1. The van der Waals surface area contributed by atoms with Crippen molar-refractivity contribution in [2.45, 2.75) is 58.0 Å². The molecule has 2 saturated heterocycles. The molecule has 7 heteroatoms. The first-order chi connectivity index (χ1) is 11.9. The van der Waals surface area contributed by atoms with Gasteiger partial charge in [-0.25, -0.2) is 8.42 Å². The van der Waals surface area contributed by atoms with Crippen LogP contribution >= 0.6 is 0 Å². The van der Waals surface area contributed by atoms with Gasteiger partial charge in [-0.15, -0.1) is 0 Å². The van der Waals surface area contributed by atoms with Crippen molar-refractivity contribution in [2.75, 3.05) is 44.7 Å². The highest BCUT2D eigenvalue weighted by atomic mass is 32.2. The molecule has 0 spiro atoms. The zero-order valence-corrected chi connectivity index (χ0v) is 16.9. The first-order valence-electron chi connectivity index (χ1n) is 9.77. The van der Waals surface area contributed by atoms with Crippen molar-refractivity contribution in [1.29, 1.82) is 0 Å². The fraction of sp³-hybridized carbons (Fsp3) is 0.944. The summed E-state index contributed by atoms with van der Waals surface area (Å²) >= 11 is 0. The first kappa shape index (κ1) is 20.6. The van der Waals surface area contributed by atoms with E-state index in [0.29, 0.717) is 13.0 Å². The predicted octanol–water partition coefficient (Wildman–Crippen LogP) is 1.12. The Morgan fingerprint density at radius 1 is 1.28 bits per heavy atom. The lowest BCUT2D eigenvalue weighted by Gasteiger charge is -2.38. The lowest BCUT2D eigenvalue weighted by atomic mass is 9.92. The van der Waals surface area contributed by atoms with Crippen LogP contribution in [0.1, 0.15) is 46.0 Å². The Labute approximate surface area is 153 Å². The molecule has 6 nitrogen and oxygen atoms in total. The van der Waals surface area contributed by atoms with Crippen molar-refractivity contribution >= 4 is 15.7 Å². The summed E-state index contributed by atoms with van der Waals surface area (Å²) in [6.45, 7) is 7.67. The summed E-state index contributed by atoms with van der Waals surface area (Å²) < 4.78 is 23.6. The Bertz CT molecular complexity index is 530. The van der Waals surface area contributed by atoms with Gasteiger partial charge in [-0.1, -0.05) is 6.92 Å². The maximum absolute atomic E-state index is 13.1. The number of nitrogens with zero attached hydrogens (tertiary/aromatic N) is 2. The van der Waals surface area contributed by atoms with Gasteiger partial charge in [-0.2, -0.15) is 0 Å². The molecule has 0 aromatic rings. The maximum atomic E-state index is 13.1. The second-order valence-electron chi connectivity index (χ2n) is 7.64. The number of hydrogen-bond acceptors (Lipinski definition) is 5. The lowest BCUT2D eigenvalue weighted by Crippen LogP contribution is -2.53. The second-order valence-corrected chi connectivity index (χ2v) is 9.86. The molecule has 25 heavy (non-hydrogen) atoms. The molecular weight excluding hydrogens is 338 g/mol. The van der Waals surface area contributed by atoms with Crippen molar-refractivity contribution in [3.8, 4) is 0 Å². The summed E-state index contributed by atoms with van der Waals surface area (Å²) in [5, 5.41) is 3.21. The van der Waals surface area contributed by atoms with Gasteiger partial charge < -0.3 is 10.2 Å². The van der Waals surface area contributed by atoms with Crippen molar-refractivity contribution in [2.24, 2.45) is 5.92 Å². The molecule has 1 amide bonds. The number of piperidine rings is 1. The number of carbonyl (C=O) groups excluding carboxylic acids is 1. The number of nitrogens with one attached hydrogen (secondary N) is 1. The molecule has 0 radical (unpaired) electrons. The molecule has 2 heterocycles. The van der Waals surface area contributed by atoms with E-state index in [-0.39, 0.29) is 29.5 Å². The van der Waals surface area contributed by atoms with E-state index < -0.39 is 9.84 Å². The molecule has 2 unspecified atom stereocenters. The van der Waals surface area contributed by atoms with Crippen LogP contribution in [0.15, 0.2) is 0 Å². The normalized spacial score (nSPS) is 25.8. The molecular formula is C18H35N3O3S. The maximum Gasteiger partial charge on any atom is 0.239 e. The van der Waals surface area contributed by atoms with E-state index in [4.69, 9.17) is 0 Å². The van der Waals surface area contributed by atoms with Crippen LogP contribution in [-0.2, 0) is 14.6 Å². The number of sulfone groups is 1. The highest BCUT2D eigenvalue weighted by Gasteiger charge is 2.37. The Balaban J connectivity index is 1.92. The average Bonchev–Trinajstić information content (AvgIpc) is 2.96. The molecule has 2 aliphatic rings. The fourth-order valence-electron chi connectivity index (χ4n) is 4.11. The summed E-state index contributed by atoms with van der Waals surface area (Å²) in [7, 11) is -0.985. The minimum absolute atomic E-state index is 0.109. The van der Waals surface area contributed by atoms with Gasteiger partial charge in [0.25, 0.3) is 0 Å². The summed E-state index contributed by atoms with van der Waals surface area (Å²) in [6.07, 6.45) is 4.94. The average molecular weight is 374 g/mol. The molecule has 0 bridgehead atoms. The highest BCUT2D eigenvalue weighted by molar-refractivity contribution is 7.91. The van der Waals surface area contributed by atoms with E-state index in [1.165, 1.54) is 6.42 Å². The van der Waals surface area contributed by atoms with Crippen LogP contribution in [0.3, 0.4) is 0 Å². The smallest absolute Gasteiger partial charge is 0.239 e. The van der Waals surface area contributed by atoms with Gasteiger partial charge in [0.1, 0.15) is 0 Å². The Hall–Kier alpha value is -0.660. The molecule has 2 fully saturated rings. The van der Waals surface area contributed by atoms with Gasteiger partial charge in [-0.05, 0) is 71.6 Å². The standard InChI is InChI=1S/C18H35N3O3S/c1-4-10-21(17-8-13-25(23,24)14-17)18(22)15(2)20-11-6-16(7-12-20)5-9-19-3/h15-17,19H,4-14H2,1-3H3. The van der Waals surface area contributed by atoms with Crippen LogP contribution in [0.5, 0.6) is 0 Å². The summed E-state index contributed by atoms with van der Waals surface area (Å²) in [5.41, 5.74) is 0. The molecule has 1 N–H and O–H groups in total. The van der Waals surface area contributed by atoms with Crippen molar-refractivity contribution in [3.63, 3.8) is 0 Å². The molecule has 0 aliphatic carbocycles. The van der Waals surface area contributed by atoms with Gasteiger partial charge in [0.15, 0.2) is 9.84 Å². The molecule has 2 atom stereocenters. The number of hydrogen-bond donors (Lipinski definition) is 1. The zero-order chi connectivity index (χ0) is 18.4. The topological polar surface area (TPSA) is 69.7 Å². The molecule has 2 rings (SSSR count). The van der Waals surface area contributed by atoms with E-state index in [0.717, 1.165) is 44.8 Å². The quantitative estimate of drug-likeness (QED) is 0.690. The number of rotatable bonds is 8. The number of amides is 1. The van der Waals surface area contributed by atoms with Crippen LogP contribution in [-0.4, -0.2) is 80.9 Å². The molecule has 2 aliphatic heterocycles. The summed E-state index contributed by atoms with van der Waals surface area (Å²) in [6, 6.07) is -0.284. The van der Waals surface area contributed by atoms with Gasteiger partial charge in [0.2, 0.25) is 5.91 Å². The minimum Gasteiger partial charge on any atom is -0.337 e. The monoisotopic (exact) mass is 373 g/mol. The fourth-order valence-corrected chi connectivity index (χ4v) is 5.84. The minimum atomic E-state index is -2.97. The summed E-state index contributed by atoms with van der Waals surface area (Å²) in [4.78, 5) is 17.2.